The molecule has 1 aliphatic rings. The maximum absolute atomic E-state index is 14.4. The van der Waals surface area contributed by atoms with Crippen LogP contribution in [0.4, 0.5) is 36.4 Å². The quantitative estimate of drug-likeness (QED) is 0.287. The molecule has 33 heavy (non-hydrogen) atoms. The zero-order valence-electron chi connectivity index (χ0n) is 18.0. The lowest BCUT2D eigenvalue weighted by Gasteiger charge is -2.32. The Bertz CT molecular complexity index is 958. The van der Waals surface area contributed by atoms with Gasteiger partial charge in [-0.1, -0.05) is 24.3 Å². The highest BCUT2D eigenvalue weighted by Gasteiger charge is 2.73. The Labute approximate surface area is 191 Å². The molecule has 2 rings (SSSR count). The minimum Gasteiger partial charge on any atom is -0.405 e. The van der Waals surface area contributed by atoms with Crippen molar-refractivity contribution >= 4 is 36.7 Å². The third kappa shape index (κ3) is 4.78. The van der Waals surface area contributed by atoms with E-state index in [1.54, 1.807) is 27.7 Å². The lowest BCUT2D eigenvalue weighted by molar-refractivity contribution is -0.348. The molecule has 0 unspecified atom stereocenters. The highest BCUT2D eigenvalue weighted by atomic mass is 35.5. The van der Waals surface area contributed by atoms with Crippen LogP contribution < -0.4 is 5.73 Å². The molecule has 4 nitrogen and oxygen atoms in total. The van der Waals surface area contributed by atoms with Crippen LogP contribution in [0.2, 0.25) is 5.02 Å². The fraction of sp³-hybridized carbons (Fsp3) is 0.450. The fourth-order valence-electron chi connectivity index (χ4n) is 2.90. The molecule has 0 saturated carbocycles. The van der Waals surface area contributed by atoms with Crippen LogP contribution in [0, 0.1) is 0 Å². The molecule has 0 atom stereocenters. The second-order valence-corrected chi connectivity index (χ2v) is 8.67. The van der Waals surface area contributed by atoms with Gasteiger partial charge < -0.3 is 15.0 Å². The first-order chi connectivity index (χ1) is 14.8. The molecule has 0 spiro atoms. The first kappa shape index (κ1) is 27.2. The van der Waals surface area contributed by atoms with Gasteiger partial charge in [0.05, 0.1) is 21.9 Å². The van der Waals surface area contributed by atoms with Crippen LogP contribution >= 0.6 is 11.6 Å². The molecule has 1 aliphatic heterocycles. The van der Waals surface area contributed by atoms with E-state index in [4.69, 9.17) is 26.6 Å². The Morgan fingerprint density at radius 1 is 1.03 bits per heavy atom. The number of halogens is 8. The van der Waals surface area contributed by atoms with E-state index >= 15 is 0 Å². The molecule has 0 bridgehead atoms. The largest absolute Gasteiger partial charge is 0.497 e. The van der Waals surface area contributed by atoms with Crippen molar-refractivity contribution in [1.82, 2.24) is 0 Å². The molecule has 0 amide bonds. The van der Waals surface area contributed by atoms with Gasteiger partial charge in [-0.15, -0.1) is 0 Å². The van der Waals surface area contributed by atoms with Gasteiger partial charge in [0, 0.05) is 22.8 Å². The molecule has 1 fully saturated rings. The van der Waals surface area contributed by atoms with Crippen molar-refractivity contribution in [3.63, 3.8) is 0 Å². The second-order valence-electron chi connectivity index (χ2n) is 8.27. The van der Waals surface area contributed by atoms with Crippen LogP contribution in [0.3, 0.4) is 0 Å². The summed E-state index contributed by atoms with van der Waals surface area (Å²) < 4.78 is 105. The fourth-order valence-corrected chi connectivity index (χ4v) is 3.18. The molecule has 0 aliphatic carbocycles. The minimum atomic E-state index is -6.29. The molecule has 2 N–H and O–H groups in total. The van der Waals surface area contributed by atoms with Crippen molar-refractivity contribution in [2.45, 2.75) is 56.9 Å². The van der Waals surface area contributed by atoms with Crippen LogP contribution in [0.15, 0.2) is 35.4 Å². The zero-order valence-corrected chi connectivity index (χ0v) is 18.8. The number of nitrogens with zero attached hydrogens (tertiary/aromatic N) is 1. The van der Waals surface area contributed by atoms with E-state index in [1.807, 2.05) is 0 Å². The van der Waals surface area contributed by atoms with Gasteiger partial charge in [0.1, 0.15) is 0 Å². The van der Waals surface area contributed by atoms with Crippen LogP contribution in [-0.2, 0) is 15.0 Å². The van der Waals surface area contributed by atoms with Crippen LogP contribution in [0.1, 0.15) is 38.8 Å². The van der Waals surface area contributed by atoms with Gasteiger partial charge in [-0.05, 0) is 46.0 Å². The third-order valence-corrected chi connectivity index (χ3v) is 5.84. The minimum absolute atomic E-state index is 0.203. The highest BCUT2D eigenvalue weighted by molar-refractivity contribution is 6.60. The summed E-state index contributed by atoms with van der Waals surface area (Å²) in [6, 6.07) is 0.565. The Morgan fingerprint density at radius 3 is 1.91 bits per heavy atom. The van der Waals surface area contributed by atoms with Crippen molar-refractivity contribution < 1.29 is 40.0 Å². The monoisotopic (exact) mass is 500 g/mol. The number of benzene rings is 1. The van der Waals surface area contributed by atoms with Gasteiger partial charge in [0.25, 0.3) is 0 Å². The van der Waals surface area contributed by atoms with E-state index in [1.165, 1.54) is 0 Å². The molecule has 1 aromatic carbocycles. The van der Waals surface area contributed by atoms with E-state index < -0.39 is 46.9 Å². The first-order valence-electron chi connectivity index (χ1n) is 9.42. The number of aliphatic imine (C=N–C) groups is 1. The van der Waals surface area contributed by atoms with Gasteiger partial charge in [-0.25, -0.2) is 4.39 Å². The van der Waals surface area contributed by atoms with Crippen molar-refractivity contribution in [2.75, 3.05) is 0 Å². The smallest absolute Gasteiger partial charge is 0.405 e. The zero-order chi connectivity index (χ0) is 25.6. The molecule has 1 aromatic rings. The molecular formula is C20H21BClF7N2O2. The van der Waals surface area contributed by atoms with Crippen LogP contribution in [0.5, 0.6) is 0 Å². The topological polar surface area (TPSA) is 56.8 Å². The summed E-state index contributed by atoms with van der Waals surface area (Å²) in [6.07, 6.45) is -9.43. The summed E-state index contributed by atoms with van der Waals surface area (Å²) >= 11 is 5.92. The molecule has 0 aromatic heterocycles. The molecule has 13 heteroatoms. The summed E-state index contributed by atoms with van der Waals surface area (Å²) in [4.78, 5) is 4.01. The van der Waals surface area contributed by atoms with Gasteiger partial charge in [0.15, 0.2) is 0 Å². The van der Waals surface area contributed by atoms with Crippen molar-refractivity contribution in [2.24, 2.45) is 10.7 Å². The van der Waals surface area contributed by atoms with Gasteiger partial charge in [-0.3, -0.25) is 4.99 Å². The van der Waals surface area contributed by atoms with Crippen molar-refractivity contribution in [1.29, 1.82) is 0 Å². The second kappa shape index (κ2) is 8.63. The lowest BCUT2D eigenvalue weighted by Crippen LogP contribution is -2.50. The Hall–Kier alpha value is -2.05. The molecule has 1 saturated heterocycles. The summed E-state index contributed by atoms with van der Waals surface area (Å²) in [5.41, 5.74) is -3.63. The van der Waals surface area contributed by atoms with E-state index in [9.17, 15) is 30.7 Å². The van der Waals surface area contributed by atoms with Gasteiger partial charge in [-0.2, -0.15) is 26.3 Å². The maximum atomic E-state index is 14.4. The number of hydrogen-bond donors (Lipinski definition) is 1. The Balaban J connectivity index is 2.52. The summed E-state index contributed by atoms with van der Waals surface area (Å²) in [5, 5.41) is -0.667. The maximum Gasteiger partial charge on any atom is 0.497 e. The molecule has 182 valence electrons. The van der Waals surface area contributed by atoms with Crippen molar-refractivity contribution in [3.8, 4) is 0 Å². The average molecular weight is 501 g/mol. The number of alkyl halides is 7. The number of rotatable bonds is 5. The first-order valence-corrected chi connectivity index (χ1v) is 9.80. The Kier molecular flexibility index (Phi) is 7.11. The number of hydrogen-bond acceptors (Lipinski definition) is 4. The summed E-state index contributed by atoms with van der Waals surface area (Å²) in [6.45, 7) is 10.5. The number of allylic oxidation sites excluding steroid dienone is 1. The molecular weight excluding hydrogens is 479 g/mol. The third-order valence-electron chi connectivity index (χ3n) is 5.55. The SMILES string of the molecule is C=Cc1cc(C(F)(C(F)(F)F)C(F)(F)F)cc(Cl)c1N=CC(=CN)B1OC(C)(C)C(C)(C)O1. The lowest BCUT2D eigenvalue weighted by atomic mass is 9.79. The average Bonchev–Trinajstić information content (AvgIpc) is 2.87. The van der Waals surface area contributed by atoms with Crippen LogP contribution in [-0.4, -0.2) is 36.9 Å². The van der Waals surface area contributed by atoms with Gasteiger partial charge in [0.2, 0.25) is 0 Å². The summed E-state index contributed by atoms with van der Waals surface area (Å²) in [7, 11) is -0.956. The van der Waals surface area contributed by atoms with E-state index in [2.05, 4.69) is 11.6 Å². The van der Waals surface area contributed by atoms with E-state index in [0.717, 1.165) is 18.5 Å². The number of nitrogens with two attached hydrogens (primary N) is 1. The van der Waals surface area contributed by atoms with Crippen LogP contribution in [0.25, 0.3) is 6.08 Å². The van der Waals surface area contributed by atoms with Gasteiger partial charge >= 0.3 is 25.1 Å². The molecule has 1 heterocycles. The van der Waals surface area contributed by atoms with E-state index in [0.29, 0.717) is 6.07 Å². The standard InChI is InChI=1S/C20H21BClF7N2O2/c1-6-11-7-12(18(23,19(24,25)26)20(27,28)29)8-14(22)15(11)31-10-13(9-30)21-32-16(2,3)17(4,5)33-21/h6-10H,1,30H2,2-5H3. The Morgan fingerprint density at radius 2 is 1.52 bits per heavy atom. The van der Waals surface area contributed by atoms with E-state index in [-0.39, 0.29) is 22.8 Å². The normalized spacial score (nSPS) is 19.4. The highest BCUT2D eigenvalue weighted by Crippen LogP contribution is 2.54. The molecule has 0 radical (unpaired) electrons. The van der Waals surface area contributed by atoms with Crippen molar-refractivity contribution in [3.05, 3.63) is 46.5 Å². The predicted octanol–water partition coefficient (Wildman–Crippen LogP) is 6.45. The summed E-state index contributed by atoms with van der Waals surface area (Å²) in [5.74, 6) is 0. The predicted molar refractivity (Wildman–Crippen MR) is 113 cm³/mol.